The first-order valence-corrected chi connectivity index (χ1v) is 5.11. The minimum Gasteiger partial charge on any atom is -0.384 e. The van der Waals surface area contributed by atoms with E-state index in [4.69, 9.17) is 0 Å². The zero-order valence-corrected chi connectivity index (χ0v) is 7.42. The van der Waals surface area contributed by atoms with Gasteiger partial charge in [0, 0.05) is 0 Å². The fourth-order valence-electron chi connectivity index (χ4n) is 2.63. The molecule has 4 heteroatoms. The van der Waals surface area contributed by atoms with Gasteiger partial charge in [-0.15, -0.1) is 5.10 Å². The SMILES string of the molecule is OC1(c2cnns2)C2CCCC21. The lowest BCUT2D eigenvalue weighted by molar-refractivity contribution is 0.109. The summed E-state index contributed by atoms with van der Waals surface area (Å²) in [4.78, 5) is 0.970. The van der Waals surface area contributed by atoms with Crippen LogP contribution in [0.25, 0.3) is 0 Å². The molecule has 0 spiro atoms. The Kier molecular flexibility index (Phi) is 1.20. The van der Waals surface area contributed by atoms with Crippen LogP contribution in [0.4, 0.5) is 0 Å². The van der Waals surface area contributed by atoms with Gasteiger partial charge in [0.05, 0.1) is 11.1 Å². The van der Waals surface area contributed by atoms with Crippen molar-refractivity contribution < 1.29 is 5.11 Å². The summed E-state index contributed by atoms with van der Waals surface area (Å²) in [6.07, 6.45) is 5.35. The highest BCUT2D eigenvalue weighted by Gasteiger charge is 2.67. The Bertz CT molecular complexity index is 288. The van der Waals surface area contributed by atoms with Crippen LogP contribution in [-0.2, 0) is 5.60 Å². The van der Waals surface area contributed by atoms with Gasteiger partial charge < -0.3 is 5.11 Å². The summed E-state index contributed by atoms with van der Waals surface area (Å²) in [6.45, 7) is 0. The number of aliphatic hydroxyl groups is 1. The van der Waals surface area contributed by atoms with E-state index in [1.165, 1.54) is 30.8 Å². The normalized spacial score (nSPS) is 44.4. The lowest BCUT2D eigenvalue weighted by atomic mass is 10.1. The lowest BCUT2D eigenvalue weighted by Crippen LogP contribution is -2.10. The molecule has 3 nitrogen and oxygen atoms in total. The van der Waals surface area contributed by atoms with Crippen LogP contribution in [0.3, 0.4) is 0 Å². The van der Waals surface area contributed by atoms with Gasteiger partial charge in [0.15, 0.2) is 0 Å². The monoisotopic (exact) mass is 182 g/mol. The van der Waals surface area contributed by atoms with Crippen LogP contribution in [0.15, 0.2) is 6.20 Å². The second-order valence-electron chi connectivity index (χ2n) is 3.75. The lowest BCUT2D eigenvalue weighted by Gasteiger charge is -2.09. The van der Waals surface area contributed by atoms with Gasteiger partial charge >= 0.3 is 0 Å². The van der Waals surface area contributed by atoms with E-state index in [1.807, 2.05) is 0 Å². The van der Waals surface area contributed by atoms with Crippen molar-refractivity contribution >= 4 is 11.5 Å². The number of hydrogen-bond acceptors (Lipinski definition) is 4. The van der Waals surface area contributed by atoms with E-state index in [-0.39, 0.29) is 0 Å². The predicted octanol–water partition coefficient (Wildman–Crippen LogP) is 1.16. The molecular weight excluding hydrogens is 172 g/mol. The highest BCUT2D eigenvalue weighted by molar-refractivity contribution is 7.05. The smallest absolute Gasteiger partial charge is 0.108 e. The van der Waals surface area contributed by atoms with Gasteiger partial charge in [0.1, 0.15) is 5.60 Å². The molecule has 64 valence electrons. The Morgan fingerprint density at radius 2 is 2.25 bits per heavy atom. The third-order valence-electron chi connectivity index (χ3n) is 3.29. The maximum atomic E-state index is 10.2. The van der Waals surface area contributed by atoms with Gasteiger partial charge in [-0.25, -0.2) is 0 Å². The van der Waals surface area contributed by atoms with Crippen molar-refractivity contribution in [1.29, 1.82) is 0 Å². The second-order valence-corrected chi connectivity index (χ2v) is 4.54. The maximum Gasteiger partial charge on any atom is 0.108 e. The van der Waals surface area contributed by atoms with Crippen molar-refractivity contribution in [2.24, 2.45) is 11.8 Å². The van der Waals surface area contributed by atoms with Gasteiger partial charge in [-0.1, -0.05) is 10.9 Å². The molecule has 3 rings (SSSR count). The Morgan fingerprint density at radius 1 is 1.50 bits per heavy atom. The number of nitrogens with zero attached hydrogens (tertiary/aromatic N) is 2. The standard InChI is InChI=1S/C8H10N2OS/c11-8(7-4-9-10-12-7)5-2-1-3-6(5)8/h4-6,11H,1-3H2. The molecule has 0 aliphatic heterocycles. The summed E-state index contributed by atoms with van der Waals surface area (Å²) in [6, 6.07) is 0. The van der Waals surface area contributed by atoms with E-state index >= 15 is 0 Å². The number of hydrogen-bond donors (Lipinski definition) is 1. The summed E-state index contributed by atoms with van der Waals surface area (Å²) in [5, 5.41) is 14.0. The summed E-state index contributed by atoms with van der Waals surface area (Å²) in [5.74, 6) is 1.03. The molecule has 1 heterocycles. The quantitative estimate of drug-likeness (QED) is 0.708. The molecule has 12 heavy (non-hydrogen) atoms. The summed E-state index contributed by atoms with van der Waals surface area (Å²) < 4.78 is 3.79. The average Bonchev–Trinajstić information content (AvgIpc) is 2.62. The highest BCUT2D eigenvalue weighted by Crippen LogP contribution is 2.66. The number of rotatable bonds is 1. The van der Waals surface area contributed by atoms with Gasteiger partial charge in [0.25, 0.3) is 0 Å². The van der Waals surface area contributed by atoms with Crippen molar-refractivity contribution in [3.05, 3.63) is 11.1 Å². The van der Waals surface area contributed by atoms with E-state index < -0.39 is 5.60 Å². The minimum atomic E-state index is -0.521. The highest BCUT2D eigenvalue weighted by atomic mass is 32.1. The molecule has 1 aromatic rings. The summed E-state index contributed by atoms with van der Waals surface area (Å²) in [7, 11) is 0. The van der Waals surface area contributed by atoms with E-state index in [2.05, 4.69) is 9.59 Å². The Labute approximate surface area is 74.6 Å². The third kappa shape index (κ3) is 0.653. The fourth-order valence-corrected chi connectivity index (χ4v) is 3.36. The first-order valence-electron chi connectivity index (χ1n) is 4.33. The Morgan fingerprint density at radius 3 is 2.83 bits per heavy atom. The van der Waals surface area contributed by atoms with Crippen LogP contribution in [0.5, 0.6) is 0 Å². The molecule has 0 aromatic carbocycles. The van der Waals surface area contributed by atoms with Crippen molar-refractivity contribution in [3.8, 4) is 0 Å². The van der Waals surface area contributed by atoms with Gasteiger partial charge in [-0.2, -0.15) is 0 Å². The molecular formula is C8H10N2OS. The molecule has 2 aliphatic carbocycles. The zero-order chi connectivity index (χ0) is 8.18. The van der Waals surface area contributed by atoms with Crippen LogP contribution in [0.1, 0.15) is 24.1 Å². The van der Waals surface area contributed by atoms with Crippen molar-refractivity contribution in [2.45, 2.75) is 24.9 Å². The molecule has 0 radical (unpaired) electrons. The summed E-state index contributed by atoms with van der Waals surface area (Å²) in [5.41, 5.74) is -0.521. The second kappa shape index (κ2) is 2.06. The van der Waals surface area contributed by atoms with Gasteiger partial charge in [-0.05, 0) is 36.2 Å². The van der Waals surface area contributed by atoms with Crippen molar-refractivity contribution in [2.75, 3.05) is 0 Å². The molecule has 2 saturated carbocycles. The zero-order valence-electron chi connectivity index (χ0n) is 6.60. The molecule has 2 aliphatic rings. The van der Waals surface area contributed by atoms with Gasteiger partial charge in [0.2, 0.25) is 0 Å². The largest absolute Gasteiger partial charge is 0.384 e. The third-order valence-corrected chi connectivity index (χ3v) is 4.10. The van der Waals surface area contributed by atoms with Crippen molar-refractivity contribution in [1.82, 2.24) is 9.59 Å². The molecule has 2 atom stereocenters. The first kappa shape index (κ1) is 6.97. The van der Waals surface area contributed by atoms with Crippen molar-refractivity contribution in [3.63, 3.8) is 0 Å². The fraction of sp³-hybridized carbons (Fsp3) is 0.750. The van der Waals surface area contributed by atoms with Gasteiger partial charge in [-0.3, -0.25) is 0 Å². The van der Waals surface area contributed by atoms with Crippen LogP contribution in [0.2, 0.25) is 0 Å². The van der Waals surface area contributed by atoms with E-state index in [0.717, 1.165) is 4.88 Å². The summed E-state index contributed by atoms with van der Waals surface area (Å²) >= 11 is 1.34. The molecule has 2 fully saturated rings. The van der Waals surface area contributed by atoms with Crippen LogP contribution < -0.4 is 0 Å². The number of aromatic nitrogens is 2. The molecule has 0 bridgehead atoms. The van der Waals surface area contributed by atoms with E-state index in [9.17, 15) is 5.11 Å². The van der Waals surface area contributed by atoms with E-state index in [1.54, 1.807) is 6.20 Å². The maximum absolute atomic E-state index is 10.2. The minimum absolute atomic E-state index is 0.514. The Balaban J connectivity index is 1.96. The molecule has 0 saturated heterocycles. The number of fused-ring (bicyclic) bond motifs is 1. The van der Waals surface area contributed by atoms with Crippen LogP contribution in [0, 0.1) is 11.8 Å². The van der Waals surface area contributed by atoms with Crippen LogP contribution >= 0.6 is 11.5 Å². The molecule has 0 amide bonds. The van der Waals surface area contributed by atoms with E-state index in [0.29, 0.717) is 11.8 Å². The molecule has 1 aromatic heterocycles. The predicted molar refractivity (Wildman–Crippen MR) is 44.6 cm³/mol. The topological polar surface area (TPSA) is 46.0 Å². The van der Waals surface area contributed by atoms with Crippen LogP contribution in [-0.4, -0.2) is 14.7 Å². The first-order chi connectivity index (χ1) is 5.83. The average molecular weight is 182 g/mol. The Hall–Kier alpha value is -0.480. The molecule has 1 N–H and O–H groups in total. The molecule has 2 unspecified atom stereocenters.